The topological polar surface area (TPSA) is 63.4 Å². The molecular weight excluding hydrogens is 228 g/mol. The summed E-state index contributed by atoms with van der Waals surface area (Å²) >= 11 is 0. The molecule has 0 bridgehead atoms. The van der Waals surface area contributed by atoms with Crippen molar-refractivity contribution in [1.82, 2.24) is 0 Å². The van der Waals surface area contributed by atoms with E-state index in [1.165, 1.54) is 6.92 Å². The molecule has 0 spiro atoms. The molecule has 0 heterocycles. The van der Waals surface area contributed by atoms with Gasteiger partial charge in [-0.05, 0) is 37.6 Å². The molecule has 0 saturated carbocycles. The fourth-order valence-electron chi connectivity index (χ4n) is 1.70. The summed E-state index contributed by atoms with van der Waals surface area (Å²) in [5.74, 6) is -0.0779. The van der Waals surface area contributed by atoms with Crippen molar-refractivity contribution in [2.24, 2.45) is 5.73 Å². The third-order valence-corrected chi connectivity index (χ3v) is 2.80. The van der Waals surface area contributed by atoms with Crippen molar-refractivity contribution >= 4 is 17.4 Å². The number of carbonyl (C=O) groups is 2. The van der Waals surface area contributed by atoms with Crippen LogP contribution in [-0.4, -0.2) is 24.8 Å². The highest BCUT2D eigenvalue weighted by molar-refractivity contribution is 5.97. The zero-order valence-electron chi connectivity index (χ0n) is 11.0. The number of benzene rings is 1. The van der Waals surface area contributed by atoms with E-state index in [-0.39, 0.29) is 18.2 Å². The summed E-state index contributed by atoms with van der Waals surface area (Å²) in [6, 6.07) is 7.06. The Morgan fingerprint density at radius 3 is 2.28 bits per heavy atom. The number of Topliss-reactive ketones (excluding diaryl/α,β-unsaturated/α-hetero) is 1. The van der Waals surface area contributed by atoms with Gasteiger partial charge in [0, 0.05) is 17.8 Å². The zero-order valence-corrected chi connectivity index (χ0v) is 11.0. The molecule has 0 aromatic heterocycles. The van der Waals surface area contributed by atoms with Gasteiger partial charge in [0.1, 0.15) is 0 Å². The van der Waals surface area contributed by atoms with Gasteiger partial charge in [-0.2, -0.15) is 0 Å². The van der Waals surface area contributed by atoms with Gasteiger partial charge >= 0.3 is 0 Å². The van der Waals surface area contributed by atoms with Crippen molar-refractivity contribution in [3.8, 4) is 0 Å². The lowest BCUT2D eigenvalue weighted by Crippen LogP contribution is -2.36. The zero-order chi connectivity index (χ0) is 13.5. The molecule has 0 saturated heterocycles. The molecule has 0 aliphatic rings. The second-order valence-corrected chi connectivity index (χ2v) is 4.21. The molecular formula is C14H20N2O2. The molecule has 4 nitrogen and oxygen atoms in total. The molecule has 2 N–H and O–H groups in total. The molecule has 1 amide bonds. The summed E-state index contributed by atoms with van der Waals surface area (Å²) in [4.78, 5) is 24.6. The van der Waals surface area contributed by atoms with E-state index in [0.717, 1.165) is 18.5 Å². The standard InChI is InChI=1S/C14H20N2O2/c1-3-4-9-16(14(18)10-15)13-7-5-12(6-8-13)11(2)17/h5-8H,3-4,9-10,15H2,1-2H3. The van der Waals surface area contributed by atoms with Gasteiger partial charge in [0.25, 0.3) is 0 Å². The largest absolute Gasteiger partial charge is 0.322 e. The maximum atomic E-state index is 11.8. The normalized spacial score (nSPS) is 10.2. The number of hydrogen-bond acceptors (Lipinski definition) is 3. The number of rotatable bonds is 6. The number of hydrogen-bond donors (Lipinski definition) is 1. The predicted octanol–water partition coefficient (Wildman–Crippen LogP) is 1.98. The van der Waals surface area contributed by atoms with Gasteiger partial charge < -0.3 is 10.6 Å². The van der Waals surface area contributed by atoms with Gasteiger partial charge in [0.2, 0.25) is 5.91 Å². The number of amides is 1. The van der Waals surface area contributed by atoms with E-state index in [4.69, 9.17) is 5.73 Å². The highest BCUT2D eigenvalue weighted by Gasteiger charge is 2.13. The number of anilines is 1. The monoisotopic (exact) mass is 248 g/mol. The van der Waals surface area contributed by atoms with E-state index in [2.05, 4.69) is 6.92 Å². The number of nitrogens with two attached hydrogens (primary N) is 1. The molecule has 4 heteroatoms. The van der Waals surface area contributed by atoms with Crippen molar-refractivity contribution in [3.05, 3.63) is 29.8 Å². The molecule has 0 radical (unpaired) electrons. The van der Waals surface area contributed by atoms with E-state index in [1.54, 1.807) is 29.2 Å². The average Bonchev–Trinajstić information content (AvgIpc) is 2.39. The Labute approximate surface area is 108 Å². The SMILES string of the molecule is CCCCN(C(=O)CN)c1ccc(C(C)=O)cc1. The summed E-state index contributed by atoms with van der Waals surface area (Å²) in [6.07, 6.45) is 1.94. The van der Waals surface area contributed by atoms with E-state index < -0.39 is 0 Å². The van der Waals surface area contributed by atoms with Crippen LogP contribution < -0.4 is 10.6 Å². The molecule has 0 unspecified atom stereocenters. The molecule has 18 heavy (non-hydrogen) atoms. The Hall–Kier alpha value is -1.68. The first-order valence-electron chi connectivity index (χ1n) is 6.21. The third kappa shape index (κ3) is 3.67. The van der Waals surface area contributed by atoms with Gasteiger partial charge in [-0.15, -0.1) is 0 Å². The highest BCUT2D eigenvalue weighted by atomic mass is 16.2. The van der Waals surface area contributed by atoms with Gasteiger partial charge in [-0.3, -0.25) is 9.59 Å². The first kappa shape index (κ1) is 14.4. The van der Waals surface area contributed by atoms with Crippen LogP contribution in [0.2, 0.25) is 0 Å². The lowest BCUT2D eigenvalue weighted by Gasteiger charge is -2.22. The van der Waals surface area contributed by atoms with E-state index in [1.807, 2.05) is 0 Å². The van der Waals surface area contributed by atoms with Crippen LogP contribution in [0.3, 0.4) is 0 Å². The summed E-state index contributed by atoms with van der Waals surface area (Å²) < 4.78 is 0. The van der Waals surface area contributed by atoms with E-state index in [9.17, 15) is 9.59 Å². The fourth-order valence-corrected chi connectivity index (χ4v) is 1.70. The average molecular weight is 248 g/mol. The Morgan fingerprint density at radius 2 is 1.83 bits per heavy atom. The molecule has 0 atom stereocenters. The minimum atomic E-state index is -0.0981. The Bertz CT molecular complexity index is 412. The van der Waals surface area contributed by atoms with Crippen molar-refractivity contribution in [1.29, 1.82) is 0 Å². The lowest BCUT2D eigenvalue weighted by atomic mass is 10.1. The molecule has 1 aromatic rings. The van der Waals surface area contributed by atoms with Crippen LogP contribution in [-0.2, 0) is 4.79 Å². The van der Waals surface area contributed by atoms with Crippen LogP contribution in [0.15, 0.2) is 24.3 Å². The minimum absolute atomic E-state index is 0.00181. The Balaban J connectivity index is 2.90. The number of unbranched alkanes of at least 4 members (excludes halogenated alkanes) is 1. The molecule has 1 rings (SSSR count). The van der Waals surface area contributed by atoms with E-state index in [0.29, 0.717) is 12.1 Å². The van der Waals surface area contributed by atoms with Crippen LogP contribution in [0, 0.1) is 0 Å². The quantitative estimate of drug-likeness (QED) is 0.783. The van der Waals surface area contributed by atoms with Gasteiger partial charge in [-0.25, -0.2) is 0 Å². The fraction of sp³-hybridized carbons (Fsp3) is 0.429. The van der Waals surface area contributed by atoms with Crippen LogP contribution in [0.4, 0.5) is 5.69 Å². The number of ketones is 1. The van der Waals surface area contributed by atoms with E-state index >= 15 is 0 Å². The Morgan fingerprint density at radius 1 is 1.22 bits per heavy atom. The summed E-state index contributed by atoms with van der Waals surface area (Å²) in [6.45, 7) is 4.25. The van der Waals surface area contributed by atoms with Gasteiger partial charge in [0.05, 0.1) is 6.54 Å². The first-order chi connectivity index (χ1) is 8.60. The maximum absolute atomic E-state index is 11.8. The molecule has 0 aliphatic carbocycles. The van der Waals surface area contributed by atoms with Crippen LogP contribution in [0.1, 0.15) is 37.0 Å². The summed E-state index contributed by atoms with van der Waals surface area (Å²) in [5.41, 5.74) is 6.86. The highest BCUT2D eigenvalue weighted by Crippen LogP contribution is 2.16. The van der Waals surface area contributed by atoms with Crippen molar-refractivity contribution in [2.45, 2.75) is 26.7 Å². The van der Waals surface area contributed by atoms with Crippen LogP contribution in [0.25, 0.3) is 0 Å². The third-order valence-electron chi connectivity index (χ3n) is 2.80. The minimum Gasteiger partial charge on any atom is -0.322 e. The molecule has 98 valence electrons. The maximum Gasteiger partial charge on any atom is 0.240 e. The van der Waals surface area contributed by atoms with Crippen LogP contribution in [0.5, 0.6) is 0 Å². The molecule has 0 aliphatic heterocycles. The molecule has 0 fully saturated rings. The predicted molar refractivity (Wildman–Crippen MR) is 72.8 cm³/mol. The first-order valence-corrected chi connectivity index (χ1v) is 6.21. The number of nitrogens with zero attached hydrogens (tertiary/aromatic N) is 1. The summed E-state index contributed by atoms with van der Waals surface area (Å²) in [5, 5.41) is 0. The van der Waals surface area contributed by atoms with Crippen molar-refractivity contribution in [2.75, 3.05) is 18.0 Å². The van der Waals surface area contributed by atoms with Gasteiger partial charge in [0.15, 0.2) is 5.78 Å². The second-order valence-electron chi connectivity index (χ2n) is 4.21. The lowest BCUT2D eigenvalue weighted by molar-refractivity contribution is -0.117. The molecule has 1 aromatic carbocycles. The summed E-state index contributed by atoms with van der Waals surface area (Å²) in [7, 11) is 0. The number of carbonyl (C=O) groups excluding carboxylic acids is 2. The van der Waals surface area contributed by atoms with Crippen molar-refractivity contribution < 1.29 is 9.59 Å². The van der Waals surface area contributed by atoms with Crippen LogP contribution >= 0.6 is 0 Å². The Kier molecular flexibility index (Phi) is 5.52. The van der Waals surface area contributed by atoms with Gasteiger partial charge in [-0.1, -0.05) is 13.3 Å². The second kappa shape index (κ2) is 6.91. The van der Waals surface area contributed by atoms with Crippen molar-refractivity contribution in [3.63, 3.8) is 0 Å². The smallest absolute Gasteiger partial charge is 0.240 e.